The third-order valence-corrected chi connectivity index (χ3v) is 15.7. The lowest BCUT2D eigenvalue weighted by Gasteiger charge is -2.39. The Kier molecular flexibility index (Phi) is 70.2. The lowest BCUT2D eigenvalue weighted by atomic mass is 9.82. The number of hydrogen-bond donors (Lipinski definition) is 1. The standard InChI is InChI=1S/C37H77N.C27H58N.2ClH/c1-4-7-10-13-16-19-22-25-28-31-34-37(38,35-32-29-26-23-20-17-14-11-8-5-2)36-33-30-27-24-21-18-15-12-9-6-3;1-5-9-12-15-18-21-25-28(24-8-4,26-22-19-16-13-10-6-2)27-23-20-17-14-11-7-3;;/h4-36,38H2,1-3H3;5-27H2,1-4H3;2*1H/q;+1;;/p-1. The molecule has 0 amide bonds. The predicted molar refractivity (Wildman–Crippen MR) is 314 cm³/mol. The summed E-state index contributed by atoms with van der Waals surface area (Å²) in [6, 6.07) is 0. The number of nitrogens with two attached hydrogens (primary N) is 1. The molecule has 0 aromatic carbocycles. The van der Waals surface area contributed by atoms with Gasteiger partial charge in [0, 0.05) is 5.54 Å². The van der Waals surface area contributed by atoms with Crippen LogP contribution in [0.25, 0.3) is 0 Å². The van der Waals surface area contributed by atoms with Gasteiger partial charge >= 0.3 is 0 Å². The predicted octanol–water partition coefficient (Wildman–Crippen LogP) is 20.3. The molecule has 0 saturated heterocycles. The van der Waals surface area contributed by atoms with Crippen molar-refractivity contribution in [3.8, 4) is 0 Å². The van der Waals surface area contributed by atoms with Gasteiger partial charge < -0.3 is 22.6 Å². The highest BCUT2D eigenvalue weighted by Crippen LogP contribution is 2.28. The molecule has 0 aliphatic rings. The fourth-order valence-electron chi connectivity index (χ4n) is 11.1. The van der Waals surface area contributed by atoms with Crippen LogP contribution in [0.5, 0.6) is 0 Å². The summed E-state index contributed by atoms with van der Waals surface area (Å²) in [6.07, 6.45) is 73.9. The molecule has 0 heterocycles. The van der Waals surface area contributed by atoms with Crippen molar-refractivity contribution in [2.24, 2.45) is 5.73 Å². The van der Waals surface area contributed by atoms with Crippen molar-refractivity contribution in [1.82, 2.24) is 0 Å². The van der Waals surface area contributed by atoms with E-state index in [-0.39, 0.29) is 30.4 Å². The Bertz CT molecular complexity index is 749. The molecule has 4 heteroatoms. The highest BCUT2D eigenvalue weighted by Gasteiger charge is 2.25. The first-order valence-corrected chi connectivity index (χ1v) is 32.1. The lowest BCUT2D eigenvalue weighted by molar-refractivity contribution is -0.929. The molecule has 0 radical (unpaired) electrons. The summed E-state index contributed by atoms with van der Waals surface area (Å²) >= 11 is 0. The zero-order valence-electron chi connectivity index (χ0n) is 48.9. The van der Waals surface area contributed by atoms with Crippen LogP contribution in [0.15, 0.2) is 0 Å². The third-order valence-electron chi connectivity index (χ3n) is 15.7. The number of quaternary nitrogens is 1. The third kappa shape index (κ3) is 57.4. The van der Waals surface area contributed by atoms with Crippen molar-refractivity contribution in [3.05, 3.63) is 0 Å². The van der Waals surface area contributed by atoms with Crippen LogP contribution >= 0.6 is 12.4 Å². The van der Waals surface area contributed by atoms with E-state index in [4.69, 9.17) is 5.73 Å². The molecular weight excluding hydrogens is 868 g/mol. The first kappa shape index (κ1) is 75.0. The average Bonchev–Trinajstić information content (AvgIpc) is 3.32. The molecule has 0 spiro atoms. The van der Waals surface area contributed by atoms with Crippen molar-refractivity contribution in [1.29, 1.82) is 0 Å². The van der Waals surface area contributed by atoms with Gasteiger partial charge in [0.2, 0.25) is 0 Å². The first-order valence-electron chi connectivity index (χ1n) is 32.1. The number of rotatable bonds is 56. The fourth-order valence-corrected chi connectivity index (χ4v) is 11.1. The maximum atomic E-state index is 7.12. The van der Waals surface area contributed by atoms with Gasteiger partial charge in [-0.25, -0.2) is 0 Å². The fraction of sp³-hybridized carbons (Fsp3) is 1.00. The van der Waals surface area contributed by atoms with E-state index in [9.17, 15) is 0 Å². The summed E-state index contributed by atoms with van der Waals surface area (Å²) < 4.78 is 1.45. The van der Waals surface area contributed by atoms with E-state index < -0.39 is 0 Å². The maximum absolute atomic E-state index is 7.12. The van der Waals surface area contributed by atoms with Crippen molar-refractivity contribution < 1.29 is 16.9 Å². The number of unbranched alkanes of at least 4 members (excludes halogenated alkanes) is 42. The van der Waals surface area contributed by atoms with Gasteiger partial charge in [0.05, 0.1) is 26.2 Å². The molecule has 2 nitrogen and oxygen atoms in total. The number of halogens is 2. The van der Waals surface area contributed by atoms with Crippen molar-refractivity contribution in [3.63, 3.8) is 0 Å². The second-order valence-corrected chi connectivity index (χ2v) is 22.7. The van der Waals surface area contributed by atoms with Crippen LogP contribution < -0.4 is 18.1 Å². The number of nitrogens with zero attached hydrogens (tertiary/aromatic N) is 1. The minimum Gasteiger partial charge on any atom is -1.00 e. The molecule has 68 heavy (non-hydrogen) atoms. The quantitative estimate of drug-likeness (QED) is 0.0477. The van der Waals surface area contributed by atoms with E-state index in [0.717, 1.165) is 0 Å². The van der Waals surface area contributed by atoms with E-state index in [2.05, 4.69) is 48.5 Å². The van der Waals surface area contributed by atoms with Crippen LogP contribution in [-0.2, 0) is 0 Å². The van der Waals surface area contributed by atoms with Gasteiger partial charge in [-0.2, -0.15) is 0 Å². The maximum Gasteiger partial charge on any atom is 0.0786 e. The van der Waals surface area contributed by atoms with Gasteiger partial charge in [-0.1, -0.05) is 318 Å². The molecule has 0 saturated carbocycles. The van der Waals surface area contributed by atoms with Crippen molar-refractivity contribution in [2.45, 2.75) is 388 Å². The summed E-state index contributed by atoms with van der Waals surface area (Å²) in [5.74, 6) is 0. The van der Waals surface area contributed by atoms with Crippen LogP contribution in [0, 0.1) is 0 Å². The Morgan fingerprint density at radius 2 is 0.382 bits per heavy atom. The summed E-state index contributed by atoms with van der Waals surface area (Å²) in [4.78, 5) is 0. The monoisotopic (exact) mass is 1000 g/mol. The van der Waals surface area contributed by atoms with Gasteiger partial charge in [-0.15, -0.1) is 12.4 Å². The highest BCUT2D eigenvalue weighted by atomic mass is 35.5. The van der Waals surface area contributed by atoms with Gasteiger partial charge in [-0.3, -0.25) is 0 Å². The molecule has 0 rings (SSSR count). The van der Waals surface area contributed by atoms with Crippen LogP contribution in [0.1, 0.15) is 382 Å². The van der Waals surface area contributed by atoms with E-state index >= 15 is 0 Å². The van der Waals surface area contributed by atoms with Crippen LogP contribution in [0.2, 0.25) is 0 Å². The molecule has 0 aromatic rings. The largest absolute Gasteiger partial charge is 1.00 e. The Balaban J connectivity index is -0.000000611. The summed E-state index contributed by atoms with van der Waals surface area (Å²) in [5.41, 5.74) is 7.25. The van der Waals surface area contributed by atoms with Crippen LogP contribution in [-0.4, -0.2) is 36.2 Å². The van der Waals surface area contributed by atoms with Gasteiger partial charge in [0.25, 0.3) is 0 Å². The molecule has 0 aliphatic carbocycles. The molecule has 416 valence electrons. The SMILES string of the molecule is CCCCCCCCCCCCC(N)(CCCCCCCCCCCC)CCCCCCCCCCCC.CCCCCCCC[N+](CCC)(CCCCCCCC)CCCCCCCC.Cl.[Cl-]. The highest BCUT2D eigenvalue weighted by molar-refractivity contribution is 5.85. The summed E-state index contributed by atoms with van der Waals surface area (Å²) in [7, 11) is 0. The lowest BCUT2D eigenvalue weighted by Crippen LogP contribution is -3.00. The molecule has 2 N–H and O–H groups in total. The summed E-state index contributed by atoms with van der Waals surface area (Å²) in [6.45, 7) is 22.1. The van der Waals surface area contributed by atoms with Crippen molar-refractivity contribution in [2.75, 3.05) is 26.2 Å². The molecule has 0 atom stereocenters. The Morgan fingerprint density at radius 1 is 0.221 bits per heavy atom. The molecule has 0 bridgehead atoms. The zero-order chi connectivity index (χ0) is 48.6. The van der Waals surface area contributed by atoms with Crippen LogP contribution in [0.3, 0.4) is 0 Å². The zero-order valence-corrected chi connectivity index (χ0v) is 50.5. The van der Waals surface area contributed by atoms with Crippen LogP contribution in [0.4, 0.5) is 0 Å². The number of hydrogen-bond acceptors (Lipinski definition) is 1. The topological polar surface area (TPSA) is 26.0 Å². The van der Waals surface area contributed by atoms with Crippen molar-refractivity contribution >= 4 is 12.4 Å². The summed E-state index contributed by atoms with van der Waals surface area (Å²) in [5, 5.41) is 0. The second-order valence-electron chi connectivity index (χ2n) is 22.7. The molecule has 0 fully saturated rings. The van der Waals surface area contributed by atoms with E-state index in [1.54, 1.807) is 0 Å². The normalized spacial score (nSPS) is 11.6. The average molecular weight is 1000 g/mol. The minimum absolute atomic E-state index is 0. The second kappa shape index (κ2) is 63.6. The molecule has 0 aromatic heterocycles. The minimum atomic E-state index is 0. The molecule has 0 unspecified atom stereocenters. The first-order chi connectivity index (χ1) is 32.4. The van der Waals surface area contributed by atoms with E-state index in [1.165, 1.54) is 365 Å². The molecular formula is C64H136Cl2N2. The molecule has 0 aliphatic heterocycles. The van der Waals surface area contributed by atoms with E-state index in [0.29, 0.717) is 0 Å². The van der Waals surface area contributed by atoms with E-state index in [1.807, 2.05) is 0 Å². The smallest absolute Gasteiger partial charge is 0.0786 e. The van der Waals surface area contributed by atoms with Gasteiger partial charge in [-0.05, 0) is 64.2 Å². The Hall–Kier alpha value is 0.500. The Labute approximate surface area is 446 Å². The Morgan fingerprint density at radius 3 is 0.559 bits per heavy atom. The van der Waals surface area contributed by atoms with Gasteiger partial charge in [0.15, 0.2) is 0 Å². The van der Waals surface area contributed by atoms with Gasteiger partial charge in [0.1, 0.15) is 0 Å².